The van der Waals surface area contributed by atoms with Gasteiger partial charge in [0.1, 0.15) is 5.82 Å². The van der Waals surface area contributed by atoms with Crippen LogP contribution in [0.4, 0.5) is 4.39 Å². The second-order valence-corrected chi connectivity index (χ2v) is 5.08. The molecule has 19 heavy (non-hydrogen) atoms. The molecule has 1 fully saturated rings. The van der Waals surface area contributed by atoms with Crippen molar-refractivity contribution in [1.82, 2.24) is 10.2 Å². The highest BCUT2D eigenvalue weighted by Gasteiger charge is 2.20. The second kappa shape index (κ2) is 8.93. The van der Waals surface area contributed by atoms with Gasteiger partial charge in [-0.1, -0.05) is 22.0 Å². The number of hydrogen-bond donors (Lipinski definition) is 1. The van der Waals surface area contributed by atoms with Crippen LogP contribution in [0.2, 0.25) is 0 Å². The number of rotatable bonds is 3. The van der Waals surface area contributed by atoms with Gasteiger partial charge in [-0.2, -0.15) is 0 Å². The van der Waals surface area contributed by atoms with Crippen molar-refractivity contribution in [1.29, 1.82) is 0 Å². The average molecular weight is 372 g/mol. The fourth-order valence-corrected chi connectivity index (χ4v) is 2.69. The van der Waals surface area contributed by atoms with E-state index in [1.165, 1.54) is 6.07 Å². The Labute approximate surface area is 134 Å². The van der Waals surface area contributed by atoms with Gasteiger partial charge in [0, 0.05) is 30.7 Å². The minimum atomic E-state index is -0.212. The zero-order chi connectivity index (χ0) is 12.3. The van der Waals surface area contributed by atoms with Crippen molar-refractivity contribution in [2.75, 3.05) is 26.2 Å². The van der Waals surface area contributed by atoms with Crippen LogP contribution < -0.4 is 5.32 Å². The van der Waals surface area contributed by atoms with Gasteiger partial charge in [0.25, 0.3) is 0 Å². The Kier molecular flexibility index (Phi) is 8.86. The van der Waals surface area contributed by atoms with Crippen LogP contribution in [-0.4, -0.2) is 31.1 Å². The molecule has 2 rings (SSSR count). The minimum Gasteiger partial charge on any atom is -0.314 e. The van der Waals surface area contributed by atoms with Gasteiger partial charge >= 0.3 is 0 Å². The predicted molar refractivity (Wildman–Crippen MR) is 86.0 cm³/mol. The Morgan fingerprint density at radius 3 is 2.42 bits per heavy atom. The van der Waals surface area contributed by atoms with Crippen molar-refractivity contribution in [2.24, 2.45) is 0 Å². The molecule has 1 aliphatic heterocycles. The van der Waals surface area contributed by atoms with E-state index in [1.807, 2.05) is 12.1 Å². The molecule has 108 valence electrons. The van der Waals surface area contributed by atoms with Gasteiger partial charge in [-0.3, -0.25) is 4.90 Å². The molecule has 0 aliphatic carbocycles. The fourth-order valence-electron chi connectivity index (χ4n) is 2.20. The van der Waals surface area contributed by atoms with Crippen LogP contribution in [0.3, 0.4) is 0 Å². The molecule has 0 saturated carbocycles. The van der Waals surface area contributed by atoms with Crippen LogP contribution in [0.15, 0.2) is 35.3 Å². The van der Waals surface area contributed by atoms with Crippen LogP contribution in [0.1, 0.15) is 11.6 Å². The first-order chi connectivity index (χ1) is 8.20. The third-order valence-electron chi connectivity index (χ3n) is 2.99. The van der Waals surface area contributed by atoms with Crippen LogP contribution in [0.25, 0.3) is 0 Å². The van der Waals surface area contributed by atoms with Gasteiger partial charge in [0.2, 0.25) is 0 Å². The van der Waals surface area contributed by atoms with Crippen molar-refractivity contribution in [3.05, 3.63) is 46.7 Å². The van der Waals surface area contributed by atoms with Crippen LogP contribution in [0, 0.1) is 5.82 Å². The van der Waals surface area contributed by atoms with Gasteiger partial charge in [-0.15, -0.1) is 31.4 Å². The highest BCUT2D eigenvalue weighted by Crippen LogP contribution is 2.26. The van der Waals surface area contributed by atoms with Crippen molar-refractivity contribution < 1.29 is 4.39 Å². The largest absolute Gasteiger partial charge is 0.314 e. The van der Waals surface area contributed by atoms with E-state index in [0.29, 0.717) is 0 Å². The zero-order valence-electron chi connectivity index (χ0n) is 10.4. The van der Waals surface area contributed by atoms with Crippen LogP contribution in [-0.2, 0) is 0 Å². The van der Waals surface area contributed by atoms with E-state index in [1.54, 1.807) is 6.07 Å². The fraction of sp³-hybridized carbons (Fsp3) is 0.385. The van der Waals surface area contributed by atoms with E-state index in [2.05, 4.69) is 32.7 Å². The van der Waals surface area contributed by atoms with Crippen molar-refractivity contribution in [3.8, 4) is 0 Å². The van der Waals surface area contributed by atoms with Crippen molar-refractivity contribution in [2.45, 2.75) is 6.04 Å². The lowest BCUT2D eigenvalue weighted by Gasteiger charge is -2.33. The van der Waals surface area contributed by atoms with E-state index in [4.69, 9.17) is 0 Å². The van der Waals surface area contributed by atoms with Crippen LogP contribution in [0.5, 0.6) is 0 Å². The molecule has 2 nitrogen and oxygen atoms in total. The molecule has 1 atom stereocenters. The molecular formula is C13H18BrCl2FN2. The van der Waals surface area contributed by atoms with Crippen molar-refractivity contribution in [3.63, 3.8) is 0 Å². The summed E-state index contributed by atoms with van der Waals surface area (Å²) in [4.78, 5) is 2.31. The number of benzene rings is 1. The first-order valence-corrected chi connectivity index (χ1v) is 6.53. The molecule has 1 heterocycles. The van der Waals surface area contributed by atoms with Gasteiger partial charge < -0.3 is 5.32 Å². The molecule has 0 unspecified atom stereocenters. The summed E-state index contributed by atoms with van der Waals surface area (Å²) in [5, 5.41) is 3.31. The highest BCUT2D eigenvalue weighted by molar-refractivity contribution is 9.10. The molecule has 6 heteroatoms. The lowest BCUT2D eigenvalue weighted by molar-refractivity contribution is 0.203. The number of nitrogens with one attached hydrogen (secondary N) is 1. The number of hydrogen-bond acceptors (Lipinski definition) is 2. The van der Waals surface area contributed by atoms with Gasteiger partial charge in [-0.05, 0) is 23.8 Å². The summed E-state index contributed by atoms with van der Waals surface area (Å²) in [5.74, 6) is -0.212. The van der Waals surface area contributed by atoms with Gasteiger partial charge in [0.15, 0.2) is 0 Å². The molecule has 1 saturated heterocycles. The molecule has 0 amide bonds. The summed E-state index contributed by atoms with van der Waals surface area (Å²) in [6.45, 7) is 7.74. The Morgan fingerprint density at radius 2 is 1.89 bits per heavy atom. The van der Waals surface area contributed by atoms with E-state index in [9.17, 15) is 4.39 Å². The molecule has 0 bridgehead atoms. The third-order valence-corrected chi connectivity index (χ3v) is 3.45. The Morgan fingerprint density at radius 1 is 1.26 bits per heavy atom. The highest BCUT2D eigenvalue weighted by atomic mass is 79.9. The van der Waals surface area contributed by atoms with Gasteiger partial charge in [-0.25, -0.2) is 4.39 Å². The maximum Gasteiger partial charge on any atom is 0.124 e. The zero-order valence-corrected chi connectivity index (χ0v) is 13.7. The van der Waals surface area contributed by atoms with Gasteiger partial charge in [0.05, 0.1) is 6.04 Å². The Bertz CT molecular complexity index is 391. The average Bonchev–Trinajstić information content (AvgIpc) is 2.30. The first-order valence-electron chi connectivity index (χ1n) is 5.74. The summed E-state index contributed by atoms with van der Waals surface area (Å²) in [5.41, 5.74) is 0.953. The molecule has 1 aromatic carbocycles. The summed E-state index contributed by atoms with van der Waals surface area (Å²) < 4.78 is 14.2. The molecule has 1 aliphatic rings. The molecule has 1 aromatic rings. The Balaban J connectivity index is 0.00000162. The number of halogens is 4. The van der Waals surface area contributed by atoms with E-state index in [0.717, 1.165) is 36.2 Å². The smallest absolute Gasteiger partial charge is 0.124 e. The third kappa shape index (κ3) is 5.04. The summed E-state index contributed by atoms with van der Waals surface area (Å²) in [6, 6.07) is 5.10. The lowest BCUT2D eigenvalue weighted by atomic mass is 10.0. The summed E-state index contributed by atoms with van der Waals surface area (Å²) >= 11 is 3.33. The lowest BCUT2D eigenvalue weighted by Crippen LogP contribution is -2.44. The minimum absolute atomic E-state index is 0. The van der Waals surface area contributed by atoms with E-state index in [-0.39, 0.29) is 36.7 Å². The monoisotopic (exact) mass is 370 g/mol. The molecule has 1 N–H and O–H groups in total. The molecule has 0 spiro atoms. The Hall–Kier alpha value is -0.130. The number of piperazine rings is 1. The summed E-state index contributed by atoms with van der Waals surface area (Å²) in [7, 11) is 0. The molecule has 0 aromatic heterocycles. The van der Waals surface area contributed by atoms with Crippen molar-refractivity contribution >= 4 is 40.7 Å². The maximum absolute atomic E-state index is 13.4. The topological polar surface area (TPSA) is 15.3 Å². The maximum atomic E-state index is 13.4. The summed E-state index contributed by atoms with van der Waals surface area (Å²) in [6.07, 6.45) is 1.88. The number of nitrogens with zero attached hydrogens (tertiary/aromatic N) is 1. The predicted octanol–water partition coefficient (Wildman–Crippen LogP) is 3.56. The van der Waals surface area contributed by atoms with E-state index < -0.39 is 0 Å². The van der Waals surface area contributed by atoms with Crippen LogP contribution >= 0.6 is 40.7 Å². The molecular weight excluding hydrogens is 354 g/mol. The standard InChI is InChI=1S/C13H16BrFN2.2ClH/c1-2-13(17-5-3-16-4-6-17)10-7-11(14)9-12(15)8-10;;/h2,7-9,13,16H,1,3-6H2;2*1H/t13-;;/m1../s1. The normalized spacial score (nSPS) is 16.9. The molecule has 0 radical (unpaired) electrons. The quantitative estimate of drug-likeness (QED) is 0.817. The first kappa shape index (κ1) is 18.9. The van der Waals surface area contributed by atoms with E-state index >= 15 is 0 Å². The SMILES string of the molecule is C=C[C@H](c1cc(F)cc(Br)c1)N1CCNCC1.Cl.Cl. The second-order valence-electron chi connectivity index (χ2n) is 4.17.